The van der Waals surface area contributed by atoms with Crippen LogP contribution in [0.2, 0.25) is 0 Å². The van der Waals surface area contributed by atoms with Gasteiger partial charge in [0, 0.05) is 18.5 Å². The Labute approximate surface area is 145 Å². The van der Waals surface area contributed by atoms with E-state index in [2.05, 4.69) is 5.32 Å². The van der Waals surface area contributed by atoms with Gasteiger partial charge in [-0.3, -0.25) is 9.59 Å². The molecule has 0 aliphatic carbocycles. The van der Waals surface area contributed by atoms with Crippen LogP contribution in [0.5, 0.6) is 5.75 Å². The number of pyridine rings is 1. The molecule has 1 aromatic carbocycles. The van der Waals surface area contributed by atoms with E-state index in [4.69, 9.17) is 4.74 Å². The molecule has 1 aromatic heterocycles. The average Bonchev–Trinajstić information content (AvgIpc) is 2.48. The van der Waals surface area contributed by atoms with Crippen molar-refractivity contribution in [3.63, 3.8) is 0 Å². The molecule has 0 saturated heterocycles. The van der Waals surface area contributed by atoms with Crippen molar-refractivity contribution >= 4 is 22.8 Å². The van der Waals surface area contributed by atoms with Crippen molar-refractivity contribution in [3.8, 4) is 5.75 Å². The molecule has 0 saturated carbocycles. The Hall–Kier alpha value is -2.83. The fraction of sp³-hybridized carbons (Fsp3) is 0.389. The summed E-state index contributed by atoms with van der Waals surface area (Å²) in [6, 6.07) is 6.74. The number of alkyl carbamates (subject to hydrolysis) is 1. The maximum atomic E-state index is 12.6. The molecule has 7 heteroatoms. The lowest BCUT2D eigenvalue weighted by atomic mass is 10.1. The first-order chi connectivity index (χ1) is 11.6. The molecule has 25 heavy (non-hydrogen) atoms. The second kappa shape index (κ2) is 6.96. The Kier molecular flexibility index (Phi) is 5.15. The molecule has 0 bridgehead atoms. The van der Waals surface area contributed by atoms with Gasteiger partial charge < -0.3 is 19.7 Å². The van der Waals surface area contributed by atoms with Crippen molar-refractivity contribution in [2.75, 3.05) is 6.54 Å². The number of Topliss-reactive ketones (excluding diaryl/α,β-unsaturated/α-hetero) is 1. The lowest BCUT2D eigenvalue weighted by Gasteiger charge is -2.20. The fourth-order valence-electron chi connectivity index (χ4n) is 2.51. The highest BCUT2D eigenvalue weighted by Crippen LogP contribution is 2.26. The number of para-hydroxylation sites is 1. The number of fused-ring (bicyclic) bond motifs is 1. The Morgan fingerprint density at radius 2 is 1.88 bits per heavy atom. The fourth-order valence-corrected chi connectivity index (χ4v) is 2.51. The van der Waals surface area contributed by atoms with Gasteiger partial charge in [-0.05, 0) is 39.8 Å². The lowest BCUT2D eigenvalue weighted by Crippen LogP contribution is -2.36. The first-order valence-corrected chi connectivity index (χ1v) is 7.94. The molecule has 2 N–H and O–H groups in total. The molecule has 0 fully saturated rings. The summed E-state index contributed by atoms with van der Waals surface area (Å²) < 4.78 is 6.51. The number of amides is 1. The zero-order valence-corrected chi connectivity index (χ0v) is 14.8. The van der Waals surface area contributed by atoms with Crippen molar-refractivity contribution in [2.24, 2.45) is 0 Å². The summed E-state index contributed by atoms with van der Waals surface area (Å²) in [5.74, 6) is -0.827. The predicted molar refractivity (Wildman–Crippen MR) is 94.1 cm³/mol. The third kappa shape index (κ3) is 4.17. The first kappa shape index (κ1) is 18.5. The van der Waals surface area contributed by atoms with E-state index in [0.717, 1.165) is 0 Å². The highest BCUT2D eigenvalue weighted by Gasteiger charge is 2.20. The Morgan fingerprint density at radius 1 is 1.24 bits per heavy atom. The van der Waals surface area contributed by atoms with Crippen LogP contribution in [0.15, 0.2) is 29.1 Å². The van der Waals surface area contributed by atoms with Gasteiger partial charge in [0.2, 0.25) is 0 Å². The van der Waals surface area contributed by atoms with E-state index in [1.165, 1.54) is 11.5 Å². The number of nitrogens with one attached hydrogen (secondary N) is 1. The molecule has 2 rings (SSSR count). The van der Waals surface area contributed by atoms with Gasteiger partial charge in [-0.1, -0.05) is 12.1 Å². The average molecular weight is 346 g/mol. The molecule has 0 radical (unpaired) electrons. The number of benzene rings is 1. The number of carbonyl (C=O) groups excluding carboxylic acids is 2. The van der Waals surface area contributed by atoms with Gasteiger partial charge >= 0.3 is 6.09 Å². The highest BCUT2D eigenvalue weighted by atomic mass is 16.6. The maximum Gasteiger partial charge on any atom is 0.407 e. The quantitative estimate of drug-likeness (QED) is 0.829. The van der Waals surface area contributed by atoms with Crippen LogP contribution in [-0.2, 0) is 11.3 Å². The van der Waals surface area contributed by atoms with Crippen molar-refractivity contribution in [2.45, 2.75) is 39.8 Å². The molecule has 0 aliphatic rings. The minimum Gasteiger partial charge on any atom is -0.506 e. The van der Waals surface area contributed by atoms with Gasteiger partial charge in [-0.2, -0.15) is 0 Å². The molecule has 0 spiro atoms. The number of ketones is 1. The van der Waals surface area contributed by atoms with E-state index < -0.39 is 23.0 Å². The summed E-state index contributed by atoms with van der Waals surface area (Å²) >= 11 is 0. The number of rotatable bonds is 4. The lowest BCUT2D eigenvalue weighted by molar-refractivity contribution is 0.0525. The second-order valence-electron chi connectivity index (χ2n) is 6.68. The van der Waals surface area contributed by atoms with Crippen LogP contribution >= 0.6 is 0 Å². The highest BCUT2D eigenvalue weighted by molar-refractivity contribution is 6.02. The van der Waals surface area contributed by atoms with Crippen LogP contribution in [-0.4, -0.2) is 33.7 Å². The number of nitrogens with zero attached hydrogens (tertiary/aromatic N) is 1. The smallest absolute Gasteiger partial charge is 0.407 e. The molecular weight excluding hydrogens is 324 g/mol. The van der Waals surface area contributed by atoms with Crippen LogP contribution in [0.3, 0.4) is 0 Å². The van der Waals surface area contributed by atoms with Crippen molar-refractivity contribution in [3.05, 3.63) is 40.2 Å². The number of ether oxygens (including phenoxy) is 1. The van der Waals surface area contributed by atoms with Crippen molar-refractivity contribution in [1.82, 2.24) is 9.88 Å². The zero-order valence-electron chi connectivity index (χ0n) is 14.8. The van der Waals surface area contributed by atoms with Crippen molar-refractivity contribution in [1.29, 1.82) is 0 Å². The predicted octanol–water partition coefficient (Wildman–Crippen LogP) is 2.43. The molecule has 0 unspecified atom stereocenters. The van der Waals surface area contributed by atoms with Gasteiger partial charge in [0.15, 0.2) is 5.78 Å². The summed E-state index contributed by atoms with van der Waals surface area (Å²) in [4.78, 5) is 36.1. The summed E-state index contributed by atoms with van der Waals surface area (Å²) in [6.07, 6.45) is -0.588. The SMILES string of the molecule is CC(=O)c1c(O)c2ccccc2n(CCNC(=O)OC(C)(C)C)c1=O. The minimum absolute atomic E-state index is 0.138. The first-order valence-electron chi connectivity index (χ1n) is 7.94. The third-order valence-electron chi connectivity index (χ3n) is 3.50. The standard InChI is InChI=1S/C18H22N2O5/c1-11(21)14-15(22)12-7-5-6-8-13(12)20(16(14)23)10-9-19-17(24)25-18(2,3)4/h5-8,22H,9-10H2,1-4H3,(H,19,24). The minimum atomic E-state index is -0.617. The van der Waals surface area contributed by atoms with Gasteiger partial charge in [0.1, 0.15) is 16.9 Å². The summed E-state index contributed by atoms with van der Waals surface area (Å²) in [5, 5.41) is 13.2. The molecule has 2 aromatic rings. The number of hydrogen-bond donors (Lipinski definition) is 2. The topological polar surface area (TPSA) is 97.6 Å². The molecule has 0 aliphatic heterocycles. The Morgan fingerprint density at radius 3 is 2.48 bits per heavy atom. The summed E-state index contributed by atoms with van der Waals surface area (Å²) in [7, 11) is 0. The number of carbonyl (C=O) groups is 2. The molecule has 1 heterocycles. The van der Waals surface area contributed by atoms with E-state index >= 15 is 0 Å². The van der Waals surface area contributed by atoms with E-state index in [-0.39, 0.29) is 24.4 Å². The number of aromatic hydroxyl groups is 1. The van der Waals surface area contributed by atoms with Crippen LogP contribution in [0.25, 0.3) is 10.9 Å². The van der Waals surface area contributed by atoms with Crippen LogP contribution in [0.1, 0.15) is 38.1 Å². The largest absolute Gasteiger partial charge is 0.506 e. The Bertz CT molecular complexity index is 877. The van der Waals surface area contributed by atoms with Crippen LogP contribution in [0.4, 0.5) is 4.79 Å². The monoisotopic (exact) mass is 346 g/mol. The van der Waals surface area contributed by atoms with Crippen molar-refractivity contribution < 1.29 is 19.4 Å². The van der Waals surface area contributed by atoms with E-state index in [1.54, 1.807) is 45.0 Å². The van der Waals surface area contributed by atoms with Gasteiger partial charge in [0.05, 0.1) is 5.52 Å². The Balaban J connectivity index is 2.33. The molecule has 7 nitrogen and oxygen atoms in total. The van der Waals surface area contributed by atoms with E-state index in [9.17, 15) is 19.5 Å². The van der Waals surface area contributed by atoms with Crippen LogP contribution < -0.4 is 10.9 Å². The molecule has 1 amide bonds. The summed E-state index contributed by atoms with van der Waals surface area (Å²) in [5.41, 5.74) is -0.972. The van der Waals surface area contributed by atoms with Gasteiger partial charge in [0.25, 0.3) is 5.56 Å². The number of aromatic nitrogens is 1. The molecule has 134 valence electrons. The van der Waals surface area contributed by atoms with E-state index in [0.29, 0.717) is 10.9 Å². The maximum absolute atomic E-state index is 12.6. The van der Waals surface area contributed by atoms with Crippen LogP contribution in [0, 0.1) is 0 Å². The normalized spacial score (nSPS) is 11.4. The molecular formula is C18H22N2O5. The molecule has 0 atom stereocenters. The van der Waals surface area contributed by atoms with Gasteiger partial charge in [-0.15, -0.1) is 0 Å². The zero-order chi connectivity index (χ0) is 18.8. The van der Waals surface area contributed by atoms with E-state index in [1.807, 2.05) is 0 Å². The third-order valence-corrected chi connectivity index (χ3v) is 3.50. The summed E-state index contributed by atoms with van der Waals surface area (Å²) in [6.45, 7) is 6.77. The second-order valence-corrected chi connectivity index (χ2v) is 6.68. The van der Waals surface area contributed by atoms with Gasteiger partial charge in [-0.25, -0.2) is 4.79 Å². The number of hydrogen-bond acceptors (Lipinski definition) is 5.